The standard InChI is InChI=1S/C6H6ClN2O/c7-5-1-4(3-10)2-6(8)9-5/h1-2H,3H2,(H2,8,9)/q-1. The van der Waals surface area contributed by atoms with Crippen molar-refractivity contribution in [2.24, 2.45) is 0 Å². The van der Waals surface area contributed by atoms with E-state index < -0.39 is 0 Å². The largest absolute Gasteiger partial charge is 0.851 e. The zero-order valence-electron chi connectivity index (χ0n) is 5.17. The molecule has 0 atom stereocenters. The molecule has 0 saturated carbocycles. The minimum atomic E-state index is -0.313. The first-order valence-corrected chi connectivity index (χ1v) is 3.10. The number of nitrogen functional groups attached to an aromatic ring is 1. The van der Waals surface area contributed by atoms with Gasteiger partial charge in [-0.05, 0) is 12.1 Å². The molecule has 0 fully saturated rings. The van der Waals surface area contributed by atoms with Gasteiger partial charge in [0, 0.05) is 0 Å². The second kappa shape index (κ2) is 2.86. The van der Waals surface area contributed by atoms with Gasteiger partial charge < -0.3 is 10.8 Å². The van der Waals surface area contributed by atoms with Crippen molar-refractivity contribution in [2.75, 3.05) is 5.73 Å². The molecular weight excluding hydrogens is 152 g/mol. The van der Waals surface area contributed by atoms with Crippen molar-refractivity contribution in [3.8, 4) is 0 Å². The summed E-state index contributed by atoms with van der Waals surface area (Å²) in [5, 5.41) is 10.6. The topological polar surface area (TPSA) is 62.0 Å². The average molecular weight is 158 g/mol. The Morgan fingerprint density at radius 3 is 2.80 bits per heavy atom. The molecule has 0 aliphatic rings. The molecule has 1 aromatic heterocycles. The number of hydrogen-bond acceptors (Lipinski definition) is 3. The van der Waals surface area contributed by atoms with E-state index in [1.54, 1.807) is 0 Å². The van der Waals surface area contributed by atoms with Crippen LogP contribution in [0.5, 0.6) is 0 Å². The SMILES string of the molecule is Nc1cc(C[O-])cc(Cl)n1. The highest BCUT2D eigenvalue weighted by molar-refractivity contribution is 6.29. The van der Waals surface area contributed by atoms with Crippen LogP contribution in [0.2, 0.25) is 5.15 Å². The number of hydrogen-bond donors (Lipinski definition) is 1. The number of halogens is 1. The summed E-state index contributed by atoms with van der Waals surface area (Å²) in [6.45, 7) is -0.313. The number of rotatable bonds is 1. The molecule has 1 aromatic rings. The van der Waals surface area contributed by atoms with E-state index in [-0.39, 0.29) is 11.8 Å². The number of nitrogens with two attached hydrogens (primary N) is 1. The van der Waals surface area contributed by atoms with Gasteiger partial charge in [0.15, 0.2) is 0 Å². The summed E-state index contributed by atoms with van der Waals surface area (Å²) < 4.78 is 0. The molecule has 1 rings (SSSR count). The summed E-state index contributed by atoms with van der Waals surface area (Å²) in [5.41, 5.74) is 5.87. The molecule has 0 aromatic carbocycles. The first-order chi connectivity index (χ1) is 4.72. The second-order valence-corrected chi connectivity index (χ2v) is 2.25. The highest BCUT2D eigenvalue weighted by Gasteiger charge is 1.92. The van der Waals surface area contributed by atoms with Crippen molar-refractivity contribution >= 4 is 17.4 Å². The first-order valence-electron chi connectivity index (χ1n) is 2.72. The summed E-state index contributed by atoms with van der Waals surface area (Å²) in [4.78, 5) is 3.69. The summed E-state index contributed by atoms with van der Waals surface area (Å²) in [6.07, 6.45) is 0. The van der Waals surface area contributed by atoms with Crippen LogP contribution in [0.4, 0.5) is 5.82 Å². The highest BCUT2D eigenvalue weighted by atomic mass is 35.5. The van der Waals surface area contributed by atoms with Gasteiger partial charge in [-0.3, -0.25) is 0 Å². The molecule has 54 valence electrons. The summed E-state index contributed by atoms with van der Waals surface area (Å²) in [7, 11) is 0. The summed E-state index contributed by atoms with van der Waals surface area (Å²) in [5.74, 6) is 0.290. The lowest BCUT2D eigenvalue weighted by Gasteiger charge is -2.04. The van der Waals surface area contributed by atoms with Crippen LogP contribution >= 0.6 is 11.6 Å². The zero-order chi connectivity index (χ0) is 7.56. The quantitative estimate of drug-likeness (QED) is 0.592. The third-order valence-corrected chi connectivity index (χ3v) is 1.23. The van der Waals surface area contributed by atoms with Gasteiger partial charge in [-0.2, -0.15) is 0 Å². The predicted octanol–water partition coefficient (Wildman–Crippen LogP) is 0.177. The molecule has 0 radical (unpaired) electrons. The molecule has 0 spiro atoms. The Kier molecular flexibility index (Phi) is 2.09. The third-order valence-electron chi connectivity index (χ3n) is 1.04. The van der Waals surface area contributed by atoms with E-state index in [1.807, 2.05) is 0 Å². The Bertz CT molecular complexity index is 219. The molecule has 2 N–H and O–H groups in total. The van der Waals surface area contributed by atoms with Gasteiger partial charge in [-0.1, -0.05) is 17.2 Å². The minimum absolute atomic E-state index is 0.269. The average Bonchev–Trinajstić information content (AvgIpc) is 1.85. The number of aromatic nitrogens is 1. The van der Waals surface area contributed by atoms with E-state index in [0.29, 0.717) is 11.4 Å². The maximum Gasteiger partial charge on any atom is 0.131 e. The van der Waals surface area contributed by atoms with Crippen LogP contribution in [0.1, 0.15) is 5.56 Å². The Balaban J connectivity index is 3.06. The smallest absolute Gasteiger partial charge is 0.131 e. The fourth-order valence-electron chi connectivity index (χ4n) is 0.656. The van der Waals surface area contributed by atoms with Gasteiger partial charge in [0.2, 0.25) is 0 Å². The predicted molar refractivity (Wildman–Crippen MR) is 37.4 cm³/mol. The summed E-state index contributed by atoms with van der Waals surface area (Å²) >= 11 is 5.50. The fourth-order valence-corrected chi connectivity index (χ4v) is 0.894. The van der Waals surface area contributed by atoms with Crippen molar-refractivity contribution in [3.05, 3.63) is 22.8 Å². The van der Waals surface area contributed by atoms with Crippen LogP contribution < -0.4 is 10.8 Å². The normalized spacial score (nSPS) is 9.80. The number of anilines is 1. The van der Waals surface area contributed by atoms with E-state index in [9.17, 15) is 5.11 Å². The lowest BCUT2D eigenvalue weighted by Crippen LogP contribution is -2.03. The Hall–Kier alpha value is -0.800. The van der Waals surface area contributed by atoms with Gasteiger partial charge in [0.1, 0.15) is 11.0 Å². The monoisotopic (exact) mass is 157 g/mol. The number of pyridine rings is 1. The highest BCUT2D eigenvalue weighted by Crippen LogP contribution is 2.10. The first kappa shape index (κ1) is 7.31. The van der Waals surface area contributed by atoms with Gasteiger partial charge in [-0.15, -0.1) is 6.61 Å². The molecule has 0 amide bonds. The van der Waals surface area contributed by atoms with Gasteiger partial charge >= 0.3 is 0 Å². The molecule has 4 heteroatoms. The molecule has 0 saturated heterocycles. The molecule has 10 heavy (non-hydrogen) atoms. The van der Waals surface area contributed by atoms with Crippen LogP contribution in [0.15, 0.2) is 12.1 Å². The number of nitrogens with zero attached hydrogens (tertiary/aromatic N) is 1. The Morgan fingerprint density at radius 2 is 2.30 bits per heavy atom. The fraction of sp³-hybridized carbons (Fsp3) is 0.167. The maximum absolute atomic E-state index is 10.3. The maximum atomic E-state index is 10.3. The van der Waals surface area contributed by atoms with Crippen LogP contribution in [0, 0.1) is 0 Å². The van der Waals surface area contributed by atoms with Crippen molar-refractivity contribution in [1.29, 1.82) is 0 Å². The molecule has 1 heterocycles. The lowest BCUT2D eigenvalue weighted by atomic mass is 10.3. The summed E-state index contributed by atoms with van der Waals surface area (Å²) in [6, 6.07) is 3.02. The lowest BCUT2D eigenvalue weighted by molar-refractivity contribution is -0.386. The zero-order valence-corrected chi connectivity index (χ0v) is 5.93. The Labute approximate surface area is 63.5 Å². The third kappa shape index (κ3) is 1.59. The minimum Gasteiger partial charge on any atom is -0.851 e. The molecule has 0 bridgehead atoms. The molecule has 0 unspecified atom stereocenters. The molecular formula is C6H6ClN2O-. The van der Waals surface area contributed by atoms with E-state index >= 15 is 0 Å². The second-order valence-electron chi connectivity index (χ2n) is 1.87. The van der Waals surface area contributed by atoms with E-state index in [2.05, 4.69) is 4.98 Å². The van der Waals surface area contributed by atoms with E-state index in [1.165, 1.54) is 12.1 Å². The van der Waals surface area contributed by atoms with Crippen molar-refractivity contribution < 1.29 is 5.11 Å². The molecule has 0 aliphatic carbocycles. The molecule has 0 aliphatic heterocycles. The van der Waals surface area contributed by atoms with Crippen LogP contribution in [-0.2, 0) is 6.61 Å². The van der Waals surface area contributed by atoms with Crippen LogP contribution in [-0.4, -0.2) is 4.98 Å². The van der Waals surface area contributed by atoms with Crippen LogP contribution in [0.25, 0.3) is 0 Å². The van der Waals surface area contributed by atoms with Crippen LogP contribution in [0.3, 0.4) is 0 Å². The van der Waals surface area contributed by atoms with Crippen molar-refractivity contribution in [1.82, 2.24) is 4.98 Å². The Morgan fingerprint density at radius 1 is 1.60 bits per heavy atom. The van der Waals surface area contributed by atoms with Gasteiger partial charge in [0.25, 0.3) is 0 Å². The van der Waals surface area contributed by atoms with Crippen molar-refractivity contribution in [3.63, 3.8) is 0 Å². The van der Waals surface area contributed by atoms with Gasteiger partial charge in [-0.25, -0.2) is 4.98 Å². The molecule has 3 nitrogen and oxygen atoms in total. The van der Waals surface area contributed by atoms with Gasteiger partial charge in [0.05, 0.1) is 0 Å². The van der Waals surface area contributed by atoms with E-state index in [4.69, 9.17) is 17.3 Å². The van der Waals surface area contributed by atoms with E-state index in [0.717, 1.165) is 0 Å². The van der Waals surface area contributed by atoms with Crippen molar-refractivity contribution in [2.45, 2.75) is 6.61 Å².